The van der Waals surface area contributed by atoms with Crippen molar-refractivity contribution in [2.75, 3.05) is 12.3 Å². The van der Waals surface area contributed by atoms with E-state index in [4.69, 9.17) is 0 Å². The summed E-state index contributed by atoms with van der Waals surface area (Å²) >= 11 is 1.20. The number of hydrogen-bond acceptors (Lipinski definition) is 4. The van der Waals surface area contributed by atoms with E-state index in [-0.39, 0.29) is 5.91 Å². The van der Waals surface area contributed by atoms with Crippen LogP contribution in [0.25, 0.3) is 0 Å². The van der Waals surface area contributed by atoms with E-state index in [1.165, 1.54) is 17.5 Å². The van der Waals surface area contributed by atoms with Crippen molar-refractivity contribution in [2.24, 2.45) is 0 Å². The molecular weight excluding hydrogens is 268 g/mol. The van der Waals surface area contributed by atoms with Crippen LogP contribution in [0, 0.1) is 0 Å². The summed E-state index contributed by atoms with van der Waals surface area (Å²) in [6.07, 6.45) is 7.44. The summed E-state index contributed by atoms with van der Waals surface area (Å²) in [7, 11) is -1.08. The van der Waals surface area contributed by atoms with Crippen molar-refractivity contribution in [2.45, 2.75) is 31.0 Å². The number of nitrogens with one attached hydrogen (secondary N) is 1. The number of carbonyl (C=O) groups excluding carboxylic acids is 1. The molecule has 1 aromatic heterocycles. The molecule has 0 aliphatic rings. The number of aromatic nitrogens is 1. The fourth-order valence-corrected chi connectivity index (χ4v) is 3.21. The van der Waals surface area contributed by atoms with Gasteiger partial charge in [-0.3, -0.25) is 9.00 Å². The Balaban J connectivity index is 2.44. The summed E-state index contributed by atoms with van der Waals surface area (Å²) in [5, 5.41) is 2.81. The molecule has 0 aromatic carbocycles. The van der Waals surface area contributed by atoms with Gasteiger partial charge in [0.25, 0.3) is 5.91 Å². The summed E-state index contributed by atoms with van der Waals surface area (Å²) in [5.41, 5.74) is 0. The molecule has 0 fully saturated rings. The van der Waals surface area contributed by atoms with Gasteiger partial charge in [0.05, 0.1) is 17.0 Å². The molecule has 1 aromatic rings. The third-order valence-electron chi connectivity index (χ3n) is 2.16. The van der Waals surface area contributed by atoms with Crippen LogP contribution >= 0.6 is 11.3 Å². The molecule has 4 nitrogen and oxygen atoms in total. The molecule has 0 saturated carbocycles. The van der Waals surface area contributed by atoms with Crippen LogP contribution in [0.2, 0.25) is 0 Å². The minimum atomic E-state index is -1.08. The SMILES string of the molecule is CC/C=C/CCNC(=O)c1cnc(S(=O)CC)s1. The van der Waals surface area contributed by atoms with Crippen molar-refractivity contribution < 1.29 is 9.00 Å². The van der Waals surface area contributed by atoms with Crippen molar-refractivity contribution in [3.8, 4) is 0 Å². The lowest BCUT2D eigenvalue weighted by Gasteiger charge is -1.99. The van der Waals surface area contributed by atoms with Crippen LogP contribution in [0.3, 0.4) is 0 Å². The highest BCUT2D eigenvalue weighted by atomic mass is 32.2. The number of hydrogen-bond donors (Lipinski definition) is 1. The summed E-state index contributed by atoms with van der Waals surface area (Å²) in [4.78, 5) is 16.3. The van der Waals surface area contributed by atoms with E-state index in [1.807, 2.05) is 13.0 Å². The molecular formula is C12H18N2O2S2. The second kappa shape index (κ2) is 8.16. The van der Waals surface area contributed by atoms with E-state index >= 15 is 0 Å². The molecule has 1 rings (SSSR count). The van der Waals surface area contributed by atoms with Crippen LogP contribution < -0.4 is 5.32 Å². The van der Waals surface area contributed by atoms with Gasteiger partial charge < -0.3 is 5.32 Å². The molecule has 1 N–H and O–H groups in total. The van der Waals surface area contributed by atoms with Crippen molar-refractivity contribution in [1.29, 1.82) is 0 Å². The Hall–Kier alpha value is -1.01. The van der Waals surface area contributed by atoms with Gasteiger partial charge in [-0.15, -0.1) is 11.3 Å². The van der Waals surface area contributed by atoms with Crippen LogP contribution in [0.1, 0.15) is 36.4 Å². The molecule has 0 bridgehead atoms. The van der Waals surface area contributed by atoms with E-state index in [0.717, 1.165) is 12.8 Å². The highest BCUT2D eigenvalue weighted by Crippen LogP contribution is 2.16. The predicted molar refractivity (Wildman–Crippen MR) is 75.4 cm³/mol. The Kier molecular flexibility index (Phi) is 6.82. The molecule has 1 heterocycles. The molecule has 1 amide bonds. The molecule has 1 atom stereocenters. The molecule has 0 radical (unpaired) electrons. The van der Waals surface area contributed by atoms with Crippen molar-refractivity contribution in [3.63, 3.8) is 0 Å². The fraction of sp³-hybridized carbons (Fsp3) is 0.500. The largest absolute Gasteiger partial charge is 0.351 e. The lowest BCUT2D eigenvalue weighted by atomic mass is 10.3. The zero-order valence-corrected chi connectivity index (χ0v) is 12.3. The molecule has 18 heavy (non-hydrogen) atoms. The molecule has 6 heteroatoms. The second-order valence-electron chi connectivity index (χ2n) is 3.55. The number of carbonyl (C=O) groups is 1. The molecule has 0 aliphatic carbocycles. The van der Waals surface area contributed by atoms with Crippen molar-refractivity contribution in [3.05, 3.63) is 23.2 Å². The van der Waals surface area contributed by atoms with E-state index in [2.05, 4.69) is 23.3 Å². The van der Waals surface area contributed by atoms with E-state index in [1.54, 1.807) is 0 Å². The summed E-state index contributed by atoms with van der Waals surface area (Å²) in [6, 6.07) is 0. The van der Waals surface area contributed by atoms with E-state index in [9.17, 15) is 9.00 Å². The maximum absolute atomic E-state index is 11.7. The highest BCUT2D eigenvalue weighted by Gasteiger charge is 2.12. The number of nitrogens with zero attached hydrogens (tertiary/aromatic N) is 1. The highest BCUT2D eigenvalue weighted by molar-refractivity contribution is 7.87. The summed E-state index contributed by atoms with van der Waals surface area (Å²) in [5.74, 6) is 0.382. The first-order valence-electron chi connectivity index (χ1n) is 5.96. The molecule has 0 saturated heterocycles. The normalized spacial score (nSPS) is 12.8. The lowest BCUT2D eigenvalue weighted by Crippen LogP contribution is -2.23. The van der Waals surface area contributed by atoms with Gasteiger partial charge in [0.15, 0.2) is 4.34 Å². The minimum Gasteiger partial charge on any atom is -0.351 e. The van der Waals surface area contributed by atoms with Crippen LogP contribution in [-0.2, 0) is 10.8 Å². The fourth-order valence-electron chi connectivity index (χ4n) is 1.23. The molecule has 100 valence electrons. The van der Waals surface area contributed by atoms with Gasteiger partial charge >= 0.3 is 0 Å². The Labute approximate surface area is 114 Å². The zero-order chi connectivity index (χ0) is 13.4. The average Bonchev–Trinajstić information content (AvgIpc) is 2.87. The topological polar surface area (TPSA) is 59.1 Å². The van der Waals surface area contributed by atoms with E-state index in [0.29, 0.717) is 21.5 Å². The quantitative estimate of drug-likeness (QED) is 0.618. The molecule has 1 unspecified atom stereocenters. The lowest BCUT2D eigenvalue weighted by molar-refractivity contribution is 0.0958. The van der Waals surface area contributed by atoms with Gasteiger partial charge in [0.1, 0.15) is 4.88 Å². The standard InChI is InChI=1S/C12H18N2O2S2/c1-3-5-6-7-8-13-11(15)10-9-14-12(17-10)18(16)4-2/h5-6,9H,3-4,7-8H2,1-2H3,(H,13,15)/b6-5+. The Morgan fingerprint density at radius 2 is 2.28 bits per heavy atom. The smallest absolute Gasteiger partial charge is 0.263 e. The van der Waals surface area contributed by atoms with Gasteiger partial charge in [-0.05, 0) is 12.8 Å². The third-order valence-corrected chi connectivity index (χ3v) is 4.78. The summed E-state index contributed by atoms with van der Waals surface area (Å²) < 4.78 is 12.0. The second-order valence-corrected chi connectivity index (χ2v) is 6.49. The van der Waals surface area contributed by atoms with Crippen LogP contribution in [0.5, 0.6) is 0 Å². The number of thiazole rings is 1. The van der Waals surface area contributed by atoms with Gasteiger partial charge in [0.2, 0.25) is 0 Å². The first-order chi connectivity index (χ1) is 8.69. The first kappa shape index (κ1) is 15.0. The van der Waals surface area contributed by atoms with Crippen molar-refractivity contribution in [1.82, 2.24) is 10.3 Å². The first-order valence-corrected chi connectivity index (χ1v) is 8.10. The molecule has 0 aliphatic heterocycles. The summed E-state index contributed by atoms with van der Waals surface area (Å²) in [6.45, 7) is 4.51. The van der Waals surface area contributed by atoms with Gasteiger partial charge in [-0.2, -0.15) is 0 Å². The maximum atomic E-state index is 11.7. The number of rotatable bonds is 7. The third kappa shape index (κ3) is 4.70. The van der Waals surface area contributed by atoms with Gasteiger partial charge in [-0.1, -0.05) is 26.0 Å². The van der Waals surface area contributed by atoms with Crippen LogP contribution in [0.4, 0.5) is 0 Å². The average molecular weight is 286 g/mol. The Morgan fingerprint density at radius 1 is 1.50 bits per heavy atom. The van der Waals surface area contributed by atoms with Gasteiger partial charge in [-0.25, -0.2) is 4.98 Å². The van der Waals surface area contributed by atoms with Crippen LogP contribution in [0.15, 0.2) is 22.7 Å². The monoisotopic (exact) mass is 286 g/mol. The Morgan fingerprint density at radius 3 is 2.94 bits per heavy atom. The number of amides is 1. The Bertz CT molecular complexity index is 441. The van der Waals surface area contributed by atoms with Gasteiger partial charge in [0, 0.05) is 12.3 Å². The molecule has 0 spiro atoms. The minimum absolute atomic E-state index is 0.142. The van der Waals surface area contributed by atoms with E-state index < -0.39 is 10.8 Å². The van der Waals surface area contributed by atoms with Crippen LogP contribution in [-0.4, -0.2) is 27.4 Å². The maximum Gasteiger partial charge on any atom is 0.263 e. The van der Waals surface area contributed by atoms with Crippen molar-refractivity contribution >= 4 is 28.0 Å². The predicted octanol–water partition coefficient (Wildman–Crippen LogP) is 2.36. The zero-order valence-electron chi connectivity index (χ0n) is 10.6. The number of allylic oxidation sites excluding steroid dienone is 1.